The van der Waals surface area contributed by atoms with Crippen LogP contribution in [0.25, 0.3) is 0 Å². The van der Waals surface area contributed by atoms with E-state index in [1.165, 1.54) is 122 Å². The molecule has 19 heteroatoms. The summed E-state index contributed by atoms with van der Waals surface area (Å²) in [5.74, 6) is -1.35. The van der Waals surface area contributed by atoms with Crippen LogP contribution in [0, 0.1) is 5.92 Å². The van der Waals surface area contributed by atoms with Crippen LogP contribution < -0.4 is 0 Å². The summed E-state index contributed by atoms with van der Waals surface area (Å²) >= 11 is 0. The number of rotatable bonds is 63. The van der Waals surface area contributed by atoms with Crippen LogP contribution in [0.2, 0.25) is 0 Å². The van der Waals surface area contributed by atoms with E-state index in [4.69, 9.17) is 37.0 Å². The predicted octanol–water partition coefficient (Wildman–Crippen LogP) is 17.4. The standard InChI is InChI=1S/C63H122O17P2/c1-6-9-12-15-18-20-24-28-33-37-42-47-61(66)74-53-59(80-63(68)49-44-39-34-29-26-23-21-22-25-27-31-35-40-45-56(4)5)55-78-82(71,72)76-51-57(64)50-75-81(69,70)77-54-58(52-73-60(65)46-41-36-30-17-14-11-8-3)79-62(67)48-43-38-32-19-16-13-10-7-2/h56-59,64H,6-55H2,1-5H3,(H,69,70)(H,71,72)/t57-,58+,59+/m0/s1. The van der Waals surface area contributed by atoms with E-state index in [1.807, 2.05) is 0 Å². The second kappa shape index (κ2) is 56.8. The molecular weight excluding hydrogens is 1090 g/mol. The smallest absolute Gasteiger partial charge is 0.462 e. The fraction of sp³-hybridized carbons (Fsp3) is 0.937. The van der Waals surface area contributed by atoms with E-state index < -0.39 is 97.5 Å². The molecule has 0 amide bonds. The first-order chi connectivity index (χ1) is 39.5. The van der Waals surface area contributed by atoms with Crippen molar-refractivity contribution in [2.45, 2.75) is 335 Å². The number of aliphatic hydroxyl groups is 1. The molecule has 5 atom stereocenters. The van der Waals surface area contributed by atoms with Crippen molar-refractivity contribution < 1.29 is 80.2 Å². The number of carbonyl (C=O) groups is 4. The number of ether oxygens (including phenoxy) is 4. The van der Waals surface area contributed by atoms with Gasteiger partial charge in [0, 0.05) is 25.7 Å². The predicted molar refractivity (Wildman–Crippen MR) is 326 cm³/mol. The highest BCUT2D eigenvalue weighted by molar-refractivity contribution is 7.47. The maximum Gasteiger partial charge on any atom is 0.472 e. The van der Waals surface area contributed by atoms with Crippen molar-refractivity contribution in [1.82, 2.24) is 0 Å². The Balaban J connectivity index is 5.18. The van der Waals surface area contributed by atoms with Gasteiger partial charge < -0.3 is 33.8 Å². The molecule has 0 aromatic heterocycles. The molecule has 0 aliphatic rings. The Kier molecular flexibility index (Phi) is 55.5. The molecule has 0 saturated carbocycles. The van der Waals surface area contributed by atoms with Gasteiger partial charge in [-0.25, -0.2) is 9.13 Å². The number of esters is 4. The van der Waals surface area contributed by atoms with E-state index in [2.05, 4.69) is 34.6 Å². The molecule has 0 aliphatic carbocycles. The molecule has 82 heavy (non-hydrogen) atoms. The number of hydrogen-bond acceptors (Lipinski definition) is 15. The first-order valence-electron chi connectivity index (χ1n) is 33.1. The molecule has 0 bridgehead atoms. The Hall–Kier alpha value is -1.94. The van der Waals surface area contributed by atoms with E-state index in [0.717, 1.165) is 115 Å². The molecule has 0 heterocycles. The van der Waals surface area contributed by atoms with Crippen LogP contribution in [0.5, 0.6) is 0 Å². The zero-order chi connectivity index (χ0) is 60.6. The molecule has 17 nitrogen and oxygen atoms in total. The Morgan fingerprint density at radius 1 is 0.329 bits per heavy atom. The average molecular weight is 1210 g/mol. The molecular formula is C63H122O17P2. The van der Waals surface area contributed by atoms with Crippen LogP contribution in [0.4, 0.5) is 0 Å². The molecule has 486 valence electrons. The molecule has 0 aromatic rings. The fourth-order valence-electron chi connectivity index (χ4n) is 9.41. The number of unbranched alkanes of at least 4 members (excludes halogenated alkanes) is 35. The summed E-state index contributed by atoms with van der Waals surface area (Å²) in [7, 11) is -9.87. The van der Waals surface area contributed by atoms with Crippen LogP contribution >= 0.6 is 15.6 Å². The SMILES string of the molecule is CCCCCCCCCCCCCC(=O)OC[C@H](COP(=O)(O)OC[C@@H](O)COP(=O)(O)OC[C@@H](COC(=O)CCCCCCCCC)OC(=O)CCCCCCCCCC)OC(=O)CCCCCCCCCCCCCCCC(C)C. The van der Waals surface area contributed by atoms with Crippen molar-refractivity contribution in [3.05, 3.63) is 0 Å². The number of phosphoric ester groups is 2. The minimum Gasteiger partial charge on any atom is -0.462 e. The van der Waals surface area contributed by atoms with Crippen molar-refractivity contribution in [2.24, 2.45) is 5.92 Å². The first-order valence-corrected chi connectivity index (χ1v) is 36.1. The van der Waals surface area contributed by atoms with Gasteiger partial charge in [0.05, 0.1) is 26.4 Å². The zero-order valence-corrected chi connectivity index (χ0v) is 54.4. The summed E-state index contributed by atoms with van der Waals surface area (Å²) in [6.45, 7) is 7.14. The molecule has 3 N–H and O–H groups in total. The number of hydrogen-bond donors (Lipinski definition) is 3. The summed E-state index contributed by atoms with van der Waals surface area (Å²) in [5.41, 5.74) is 0. The van der Waals surface area contributed by atoms with Gasteiger partial charge in [-0.05, 0) is 31.6 Å². The zero-order valence-electron chi connectivity index (χ0n) is 52.6. The lowest BCUT2D eigenvalue weighted by Crippen LogP contribution is -2.30. The summed E-state index contributed by atoms with van der Waals surface area (Å²) in [6, 6.07) is 0. The topological polar surface area (TPSA) is 237 Å². The van der Waals surface area contributed by atoms with Crippen molar-refractivity contribution in [2.75, 3.05) is 39.6 Å². The van der Waals surface area contributed by atoms with Gasteiger partial charge in [0.25, 0.3) is 0 Å². The fourth-order valence-corrected chi connectivity index (χ4v) is 11.0. The lowest BCUT2D eigenvalue weighted by atomic mass is 10.0. The third kappa shape index (κ3) is 57.2. The molecule has 2 unspecified atom stereocenters. The van der Waals surface area contributed by atoms with Gasteiger partial charge >= 0.3 is 39.5 Å². The maximum absolute atomic E-state index is 13.0. The van der Waals surface area contributed by atoms with Gasteiger partial charge in [0.2, 0.25) is 0 Å². The molecule has 0 aromatic carbocycles. The van der Waals surface area contributed by atoms with E-state index in [0.29, 0.717) is 25.7 Å². The minimum atomic E-state index is -4.94. The Morgan fingerprint density at radius 2 is 0.561 bits per heavy atom. The van der Waals surface area contributed by atoms with E-state index in [1.54, 1.807) is 0 Å². The Bertz CT molecular complexity index is 1600. The average Bonchev–Trinajstić information content (AvgIpc) is 3.44. The van der Waals surface area contributed by atoms with E-state index in [-0.39, 0.29) is 25.7 Å². The number of phosphoric acid groups is 2. The third-order valence-corrected chi connectivity index (χ3v) is 16.4. The van der Waals surface area contributed by atoms with Crippen molar-refractivity contribution in [3.8, 4) is 0 Å². The highest BCUT2D eigenvalue weighted by Crippen LogP contribution is 2.45. The van der Waals surface area contributed by atoms with E-state index in [9.17, 15) is 43.2 Å². The maximum atomic E-state index is 13.0. The summed E-state index contributed by atoms with van der Waals surface area (Å²) in [5, 5.41) is 10.5. The van der Waals surface area contributed by atoms with Gasteiger partial charge in [-0.2, -0.15) is 0 Å². The summed E-state index contributed by atoms with van der Waals surface area (Å²) < 4.78 is 67.8. The van der Waals surface area contributed by atoms with Crippen molar-refractivity contribution in [3.63, 3.8) is 0 Å². The second-order valence-electron chi connectivity index (χ2n) is 23.3. The highest BCUT2D eigenvalue weighted by Gasteiger charge is 2.30. The molecule has 0 rings (SSSR count). The quantitative estimate of drug-likeness (QED) is 0.0222. The van der Waals surface area contributed by atoms with Crippen LogP contribution in [0.3, 0.4) is 0 Å². The second-order valence-corrected chi connectivity index (χ2v) is 26.2. The normalized spacial score (nSPS) is 14.3. The molecule has 0 radical (unpaired) electrons. The summed E-state index contributed by atoms with van der Waals surface area (Å²) in [4.78, 5) is 72.0. The van der Waals surface area contributed by atoms with Crippen LogP contribution in [-0.2, 0) is 65.4 Å². The first kappa shape index (κ1) is 80.1. The van der Waals surface area contributed by atoms with Gasteiger partial charge in [0.15, 0.2) is 12.2 Å². The van der Waals surface area contributed by atoms with Crippen molar-refractivity contribution in [1.29, 1.82) is 0 Å². The van der Waals surface area contributed by atoms with Gasteiger partial charge in [0.1, 0.15) is 19.3 Å². The molecule has 0 aliphatic heterocycles. The Labute approximate surface area is 498 Å². The van der Waals surface area contributed by atoms with E-state index >= 15 is 0 Å². The van der Waals surface area contributed by atoms with Crippen LogP contribution in [-0.4, -0.2) is 96.7 Å². The molecule has 0 saturated heterocycles. The largest absolute Gasteiger partial charge is 0.472 e. The molecule has 0 fully saturated rings. The lowest BCUT2D eigenvalue weighted by molar-refractivity contribution is -0.161. The van der Waals surface area contributed by atoms with Gasteiger partial charge in [-0.1, -0.05) is 266 Å². The van der Waals surface area contributed by atoms with Gasteiger partial charge in [-0.15, -0.1) is 0 Å². The Morgan fingerprint density at radius 3 is 0.829 bits per heavy atom. The summed E-state index contributed by atoms with van der Waals surface area (Å²) in [6.07, 6.45) is 40.4. The minimum absolute atomic E-state index is 0.105. The monoisotopic (exact) mass is 1210 g/mol. The number of aliphatic hydroxyl groups excluding tert-OH is 1. The van der Waals surface area contributed by atoms with Crippen LogP contribution in [0.1, 0.15) is 317 Å². The number of carbonyl (C=O) groups excluding carboxylic acids is 4. The van der Waals surface area contributed by atoms with Gasteiger partial charge in [-0.3, -0.25) is 37.3 Å². The van der Waals surface area contributed by atoms with Crippen LogP contribution in [0.15, 0.2) is 0 Å². The van der Waals surface area contributed by atoms with Crippen molar-refractivity contribution >= 4 is 39.5 Å². The third-order valence-electron chi connectivity index (χ3n) is 14.5. The highest BCUT2D eigenvalue weighted by atomic mass is 31.2. The lowest BCUT2D eigenvalue weighted by Gasteiger charge is -2.21. The molecule has 0 spiro atoms.